The largest absolute Gasteiger partial charge is 0.465 e. The minimum absolute atomic E-state index is 0.230. The van der Waals surface area contributed by atoms with Gasteiger partial charge >= 0.3 is 5.97 Å². The highest BCUT2D eigenvalue weighted by atomic mass is 16.5. The van der Waals surface area contributed by atoms with Crippen molar-refractivity contribution in [3.8, 4) is 0 Å². The van der Waals surface area contributed by atoms with Crippen LogP contribution in [0.2, 0.25) is 0 Å². The van der Waals surface area contributed by atoms with Gasteiger partial charge in [-0.3, -0.25) is 14.6 Å². The van der Waals surface area contributed by atoms with E-state index in [0.717, 1.165) is 0 Å². The van der Waals surface area contributed by atoms with Gasteiger partial charge in [-0.15, -0.1) is 0 Å². The molecule has 0 N–H and O–H groups in total. The topological polar surface area (TPSA) is 69.2 Å². The molecule has 1 aromatic heterocycles. The van der Waals surface area contributed by atoms with Crippen molar-refractivity contribution < 1.29 is 14.3 Å². The van der Waals surface area contributed by atoms with Crippen LogP contribution in [-0.4, -0.2) is 28.3 Å². The monoisotopic (exact) mass is 220 g/mol. The Bertz CT molecular complexity index is 412. The van der Waals surface area contributed by atoms with E-state index in [2.05, 4.69) is 9.97 Å². The van der Waals surface area contributed by atoms with Gasteiger partial charge in [0.1, 0.15) is 11.1 Å². The molecule has 84 valence electrons. The first kappa shape index (κ1) is 10.7. The van der Waals surface area contributed by atoms with Crippen LogP contribution in [0.15, 0.2) is 18.6 Å². The third-order valence-electron chi connectivity index (χ3n) is 2.65. The van der Waals surface area contributed by atoms with E-state index in [1.165, 1.54) is 18.6 Å². The summed E-state index contributed by atoms with van der Waals surface area (Å²) in [6, 6.07) is 0. The van der Waals surface area contributed by atoms with E-state index in [-0.39, 0.29) is 18.1 Å². The number of hydrogen-bond donors (Lipinski definition) is 0. The van der Waals surface area contributed by atoms with Crippen LogP contribution in [0.3, 0.4) is 0 Å². The molecule has 0 unspecified atom stereocenters. The second-order valence-corrected chi connectivity index (χ2v) is 3.72. The lowest BCUT2D eigenvalue weighted by atomic mass is 9.99. The van der Waals surface area contributed by atoms with Crippen LogP contribution in [0, 0.1) is 5.41 Å². The molecule has 5 heteroatoms. The van der Waals surface area contributed by atoms with E-state index in [4.69, 9.17) is 4.74 Å². The van der Waals surface area contributed by atoms with Crippen LogP contribution in [0.5, 0.6) is 0 Å². The Labute approximate surface area is 92.9 Å². The van der Waals surface area contributed by atoms with Crippen molar-refractivity contribution in [2.75, 3.05) is 6.61 Å². The van der Waals surface area contributed by atoms with Gasteiger partial charge in [0.25, 0.3) is 0 Å². The van der Waals surface area contributed by atoms with Gasteiger partial charge in [-0.2, -0.15) is 0 Å². The van der Waals surface area contributed by atoms with Gasteiger partial charge in [0.2, 0.25) is 0 Å². The SMILES string of the molecule is CCOC(=O)C1(C(=O)c2cnccn2)CC1. The summed E-state index contributed by atoms with van der Waals surface area (Å²) in [4.78, 5) is 31.4. The molecule has 1 heterocycles. The molecule has 1 saturated carbocycles. The van der Waals surface area contributed by atoms with Gasteiger partial charge in [0.05, 0.1) is 12.8 Å². The number of Topliss-reactive ketones (excluding diaryl/α,β-unsaturated/α-hetero) is 1. The molecule has 0 spiro atoms. The van der Waals surface area contributed by atoms with E-state index < -0.39 is 11.4 Å². The fourth-order valence-electron chi connectivity index (χ4n) is 1.58. The quantitative estimate of drug-likeness (QED) is 0.430. The summed E-state index contributed by atoms with van der Waals surface area (Å²) in [5, 5.41) is 0. The lowest BCUT2D eigenvalue weighted by Gasteiger charge is -2.11. The third kappa shape index (κ3) is 1.68. The summed E-state index contributed by atoms with van der Waals surface area (Å²) in [5.74, 6) is -0.718. The maximum absolute atomic E-state index is 12.0. The predicted octanol–water partition coefficient (Wildman–Crippen LogP) is 1.00. The van der Waals surface area contributed by atoms with Crippen LogP contribution >= 0.6 is 0 Å². The molecule has 1 aliphatic carbocycles. The highest BCUT2D eigenvalue weighted by Crippen LogP contribution is 2.49. The Kier molecular flexibility index (Phi) is 2.68. The highest BCUT2D eigenvalue weighted by molar-refractivity contribution is 6.13. The number of nitrogens with zero attached hydrogens (tertiary/aromatic N) is 2. The van der Waals surface area contributed by atoms with E-state index in [1.54, 1.807) is 6.92 Å². The van der Waals surface area contributed by atoms with Crippen LogP contribution in [0.1, 0.15) is 30.3 Å². The van der Waals surface area contributed by atoms with Crippen molar-refractivity contribution >= 4 is 11.8 Å². The van der Waals surface area contributed by atoms with Crippen molar-refractivity contribution in [2.45, 2.75) is 19.8 Å². The lowest BCUT2D eigenvalue weighted by Crippen LogP contribution is -2.28. The average Bonchev–Trinajstić information content (AvgIpc) is 3.11. The molecule has 0 amide bonds. The molecule has 0 atom stereocenters. The molecule has 0 bridgehead atoms. The summed E-state index contributed by atoms with van der Waals surface area (Å²) in [6.07, 6.45) is 5.39. The Morgan fingerprint density at radius 2 is 2.19 bits per heavy atom. The zero-order valence-electron chi connectivity index (χ0n) is 8.97. The molecule has 5 nitrogen and oxygen atoms in total. The summed E-state index contributed by atoms with van der Waals surface area (Å²) < 4.78 is 4.90. The Morgan fingerprint density at radius 3 is 2.69 bits per heavy atom. The summed E-state index contributed by atoms with van der Waals surface area (Å²) in [5.41, 5.74) is -0.750. The molecule has 16 heavy (non-hydrogen) atoms. The Hall–Kier alpha value is -1.78. The number of carbonyl (C=O) groups is 2. The van der Waals surface area contributed by atoms with Crippen LogP contribution in [-0.2, 0) is 9.53 Å². The first-order valence-electron chi connectivity index (χ1n) is 5.19. The van der Waals surface area contributed by atoms with Crippen LogP contribution in [0.25, 0.3) is 0 Å². The van der Waals surface area contributed by atoms with Crippen LogP contribution < -0.4 is 0 Å². The van der Waals surface area contributed by atoms with Gasteiger partial charge < -0.3 is 4.74 Å². The van der Waals surface area contributed by atoms with Crippen molar-refractivity contribution in [3.63, 3.8) is 0 Å². The number of ketones is 1. The zero-order valence-corrected chi connectivity index (χ0v) is 8.97. The molecule has 2 rings (SSSR count). The number of carbonyl (C=O) groups excluding carboxylic acids is 2. The number of esters is 1. The molecule has 1 aliphatic rings. The minimum atomic E-state index is -0.980. The van der Waals surface area contributed by atoms with Gasteiger partial charge in [0, 0.05) is 12.4 Å². The standard InChI is InChI=1S/C11H12N2O3/c1-2-16-10(15)11(3-4-11)9(14)8-7-12-5-6-13-8/h5-7H,2-4H2,1H3. The molecular formula is C11H12N2O3. The zero-order chi connectivity index (χ0) is 11.6. The fourth-order valence-corrected chi connectivity index (χ4v) is 1.58. The number of aromatic nitrogens is 2. The van der Waals surface area contributed by atoms with Gasteiger partial charge in [-0.25, -0.2) is 4.98 Å². The molecule has 1 aromatic rings. The van der Waals surface area contributed by atoms with Gasteiger partial charge in [-0.05, 0) is 19.8 Å². The van der Waals surface area contributed by atoms with Crippen LogP contribution in [0.4, 0.5) is 0 Å². The third-order valence-corrected chi connectivity index (χ3v) is 2.65. The van der Waals surface area contributed by atoms with Gasteiger partial charge in [-0.1, -0.05) is 0 Å². The molecule has 0 aliphatic heterocycles. The first-order chi connectivity index (χ1) is 7.70. The van der Waals surface area contributed by atoms with E-state index in [0.29, 0.717) is 12.8 Å². The van der Waals surface area contributed by atoms with Crippen molar-refractivity contribution in [1.29, 1.82) is 0 Å². The molecular weight excluding hydrogens is 208 g/mol. The number of hydrogen-bond acceptors (Lipinski definition) is 5. The molecule has 0 radical (unpaired) electrons. The molecule has 0 aromatic carbocycles. The molecule has 0 saturated heterocycles. The van der Waals surface area contributed by atoms with E-state index in [1.807, 2.05) is 0 Å². The second kappa shape index (κ2) is 4.00. The van der Waals surface area contributed by atoms with Gasteiger partial charge in [0.15, 0.2) is 5.78 Å². The van der Waals surface area contributed by atoms with E-state index in [9.17, 15) is 9.59 Å². The average molecular weight is 220 g/mol. The highest BCUT2D eigenvalue weighted by Gasteiger charge is 2.58. The first-order valence-corrected chi connectivity index (χ1v) is 5.19. The maximum Gasteiger partial charge on any atom is 0.320 e. The van der Waals surface area contributed by atoms with Crippen molar-refractivity contribution in [3.05, 3.63) is 24.3 Å². The normalized spacial score (nSPS) is 16.6. The minimum Gasteiger partial charge on any atom is -0.465 e. The number of rotatable bonds is 4. The fraction of sp³-hybridized carbons (Fsp3) is 0.455. The second-order valence-electron chi connectivity index (χ2n) is 3.72. The summed E-state index contributed by atoms with van der Waals surface area (Å²) in [6.45, 7) is 2.01. The molecule has 1 fully saturated rings. The smallest absolute Gasteiger partial charge is 0.320 e. The number of ether oxygens (including phenoxy) is 1. The van der Waals surface area contributed by atoms with Crippen molar-refractivity contribution in [1.82, 2.24) is 9.97 Å². The predicted molar refractivity (Wildman–Crippen MR) is 54.7 cm³/mol. The Morgan fingerprint density at radius 1 is 1.44 bits per heavy atom. The van der Waals surface area contributed by atoms with Crippen molar-refractivity contribution in [2.24, 2.45) is 5.41 Å². The summed E-state index contributed by atoms with van der Waals surface area (Å²) >= 11 is 0. The maximum atomic E-state index is 12.0. The van der Waals surface area contributed by atoms with E-state index >= 15 is 0 Å². The Balaban J connectivity index is 2.20. The summed E-state index contributed by atoms with van der Waals surface area (Å²) in [7, 11) is 0. The lowest BCUT2D eigenvalue weighted by molar-refractivity contribution is -0.147.